The van der Waals surface area contributed by atoms with E-state index in [1.807, 2.05) is 20.8 Å². The van der Waals surface area contributed by atoms with E-state index in [0.29, 0.717) is 18.7 Å². The fraction of sp³-hybridized carbons (Fsp3) is 0.571. The van der Waals surface area contributed by atoms with Crippen molar-refractivity contribution in [1.82, 2.24) is 5.32 Å². The molecule has 0 heterocycles. The van der Waals surface area contributed by atoms with Gasteiger partial charge in [0.1, 0.15) is 0 Å². The van der Waals surface area contributed by atoms with Gasteiger partial charge in [0, 0.05) is 6.54 Å². The molecule has 0 aliphatic rings. The van der Waals surface area contributed by atoms with E-state index in [9.17, 15) is 8.78 Å². The Bertz CT molecular complexity index is 359. The number of nitrogens with one attached hydrogen (secondary N) is 1. The number of hydrogen-bond donors (Lipinski definition) is 1. The number of hydrogen-bond acceptors (Lipinski definition) is 2. The number of benzene rings is 1. The van der Waals surface area contributed by atoms with Crippen molar-refractivity contribution < 1.29 is 13.5 Å². The summed E-state index contributed by atoms with van der Waals surface area (Å²) in [6.07, 6.45) is 0.918. The highest BCUT2D eigenvalue weighted by Crippen LogP contribution is 2.24. The third-order valence-electron chi connectivity index (χ3n) is 2.85. The first kappa shape index (κ1) is 14.9. The molecule has 1 atom stereocenters. The zero-order valence-corrected chi connectivity index (χ0v) is 11.2. The molecule has 0 spiro atoms. The first-order valence-corrected chi connectivity index (χ1v) is 6.39. The van der Waals surface area contributed by atoms with Crippen molar-refractivity contribution in [3.05, 3.63) is 29.3 Å². The molecular formula is C14H21F2NO. The van der Waals surface area contributed by atoms with Crippen LogP contribution in [0.25, 0.3) is 0 Å². The topological polar surface area (TPSA) is 21.3 Å². The van der Waals surface area contributed by atoms with E-state index in [0.717, 1.165) is 13.0 Å². The van der Waals surface area contributed by atoms with Crippen molar-refractivity contribution >= 4 is 0 Å². The lowest BCUT2D eigenvalue weighted by Gasteiger charge is -2.13. The molecule has 0 radical (unpaired) electrons. The van der Waals surface area contributed by atoms with Gasteiger partial charge in [0.25, 0.3) is 0 Å². The summed E-state index contributed by atoms with van der Waals surface area (Å²) in [6.45, 7) is 7.48. The summed E-state index contributed by atoms with van der Waals surface area (Å²) in [5, 5.41) is 3.02. The van der Waals surface area contributed by atoms with Crippen LogP contribution in [0.15, 0.2) is 12.1 Å². The molecule has 0 aromatic heterocycles. The minimum Gasteiger partial charge on any atom is -0.487 e. The van der Waals surface area contributed by atoms with Crippen LogP contribution in [0.3, 0.4) is 0 Å². The second-order valence-electron chi connectivity index (χ2n) is 4.49. The molecule has 0 amide bonds. The van der Waals surface area contributed by atoms with Crippen molar-refractivity contribution in [2.75, 3.05) is 13.2 Å². The monoisotopic (exact) mass is 257 g/mol. The highest BCUT2D eigenvalue weighted by molar-refractivity contribution is 5.31. The predicted molar refractivity (Wildman–Crippen MR) is 68.7 cm³/mol. The molecule has 0 aliphatic carbocycles. The quantitative estimate of drug-likeness (QED) is 0.807. The number of rotatable bonds is 7. The first-order chi connectivity index (χ1) is 8.58. The Hall–Kier alpha value is -1.16. The SMILES string of the molecule is CCNCc1cc(F)c(OCC(C)CC)c(F)c1. The summed E-state index contributed by atoms with van der Waals surface area (Å²) < 4.78 is 32.6. The molecule has 102 valence electrons. The Labute approximate surface area is 107 Å². The largest absolute Gasteiger partial charge is 0.487 e. The van der Waals surface area contributed by atoms with E-state index >= 15 is 0 Å². The van der Waals surface area contributed by atoms with Crippen LogP contribution in [-0.4, -0.2) is 13.2 Å². The van der Waals surface area contributed by atoms with E-state index in [2.05, 4.69) is 5.32 Å². The zero-order chi connectivity index (χ0) is 13.5. The van der Waals surface area contributed by atoms with Crippen LogP contribution >= 0.6 is 0 Å². The average Bonchev–Trinajstić information content (AvgIpc) is 2.34. The fourth-order valence-corrected chi connectivity index (χ4v) is 1.47. The summed E-state index contributed by atoms with van der Waals surface area (Å²) in [5.74, 6) is -1.25. The van der Waals surface area contributed by atoms with Gasteiger partial charge in [-0.05, 0) is 30.2 Å². The van der Waals surface area contributed by atoms with Crippen LogP contribution in [0.2, 0.25) is 0 Å². The Morgan fingerprint density at radius 2 is 1.83 bits per heavy atom. The Balaban J connectivity index is 2.74. The van der Waals surface area contributed by atoms with Crippen LogP contribution in [0.5, 0.6) is 5.75 Å². The molecule has 0 aliphatic heterocycles. The van der Waals surface area contributed by atoms with Crippen molar-refractivity contribution in [2.45, 2.75) is 33.7 Å². The maximum atomic E-state index is 13.7. The molecule has 4 heteroatoms. The molecule has 1 rings (SSSR count). The van der Waals surface area contributed by atoms with Gasteiger partial charge >= 0.3 is 0 Å². The molecule has 2 nitrogen and oxygen atoms in total. The van der Waals surface area contributed by atoms with E-state index in [-0.39, 0.29) is 11.7 Å². The predicted octanol–water partition coefficient (Wildman–Crippen LogP) is 3.50. The Morgan fingerprint density at radius 1 is 1.22 bits per heavy atom. The summed E-state index contributed by atoms with van der Waals surface area (Å²) in [4.78, 5) is 0. The maximum absolute atomic E-state index is 13.7. The minimum absolute atomic E-state index is 0.268. The lowest BCUT2D eigenvalue weighted by molar-refractivity contribution is 0.235. The molecule has 1 aromatic carbocycles. The van der Waals surface area contributed by atoms with Crippen LogP contribution in [-0.2, 0) is 6.54 Å². The summed E-state index contributed by atoms with van der Waals surface area (Å²) in [5.41, 5.74) is 0.586. The normalized spacial score (nSPS) is 12.5. The second kappa shape index (κ2) is 7.31. The number of halogens is 2. The van der Waals surface area contributed by atoms with E-state index < -0.39 is 11.6 Å². The fourth-order valence-electron chi connectivity index (χ4n) is 1.47. The lowest BCUT2D eigenvalue weighted by atomic mass is 10.1. The molecule has 1 unspecified atom stereocenters. The van der Waals surface area contributed by atoms with Gasteiger partial charge in [-0.15, -0.1) is 0 Å². The van der Waals surface area contributed by atoms with Crippen molar-refractivity contribution in [1.29, 1.82) is 0 Å². The second-order valence-corrected chi connectivity index (χ2v) is 4.49. The van der Waals surface area contributed by atoms with Gasteiger partial charge in [-0.2, -0.15) is 0 Å². The lowest BCUT2D eigenvalue weighted by Crippen LogP contribution is -2.13. The average molecular weight is 257 g/mol. The van der Waals surface area contributed by atoms with Crippen LogP contribution in [0.4, 0.5) is 8.78 Å². The third kappa shape index (κ3) is 4.26. The van der Waals surface area contributed by atoms with Gasteiger partial charge in [-0.3, -0.25) is 0 Å². The highest BCUT2D eigenvalue weighted by Gasteiger charge is 2.13. The molecule has 0 saturated heterocycles. The molecule has 1 aromatic rings. The van der Waals surface area contributed by atoms with Gasteiger partial charge in [0.2, 0.25) is 0 Å². The van der Waals surface area contributed by atoms with Crippen LogP contribution < -0.4 is 10.1 Å². The summed E-state index contributed by atoms with van der Waals surface area (Å²) in [7, 11) is 0. The molecule has 1 N–H and O–H groups in total. The van der Waals surface area contributed by atoms with Gasteiger partial charge in [-0.25, -0.2) is 8.78 Å². The smallest absolute Gasteiger partial charge is 0.190 e. The molecular weight excluding hydrogens is 236 g/mol. The van der Waals surface area contributed by atoms with E-state index in [1.165, 1.54) is 12.1 Å². The summed E-state index contributed by atoms with van der Waals surface area (Å²) >= 11 is 0. The zero-order valence-electron chi connectivity index (χ0n) is 11.2. The van der Waals surface area contributed by atoms with Crippen LogP contribution in [0, 0.1) is 17.6 Å². The third-order valence-corrected chi connectivity index (χ3v) is 2.85. The van der Waals surface area contributed by atoms with Gasteiger partial charge < -0.3 is 10.1 Å². The summed E-state index contributed by atoms with van der Waals surface area (Å²) in [6, 6.07) is 2.63. The standard InChI is InChI=1S/C14H21F2NO/c1-4-10(3)9-18-14-12(15)6-11(7-13(14)16)8-17-5-2/h6-7,10,17H,4-5,8-9H2,1-3H3. The van der Waals surface area contributed by atoms with Gasteiger partial charge in [0.05, 0.1) is 6.61 Å². The number of ether oxygens (including phenoxy) is 1. The van der Waals surface area contributed by atoms with Crippen molar-refractivity contribution in [3.8, 4) is 5.75 Å². The van der Waals surface area contributed by atoms with E-state index in [4.69, 9.17) is 4.74 Å². The molecule has 0 bridgehead atoms. The molecule has 0 fully saturated rings. The Kier molecular flexibility index (Phi) is 6.05. The Morgan fingerprint density at radius 3 is 2.33 bits per heavy atom. The maximum Gasteiger partial charge on any atom is 0.190 e. The van der Waals surface area contributed by atoms with E-state index in [1.54, 1.807) is 0 Å². The molecule has 18 heavy (non-hydrogen) atoms. The minimum atomic E-state index is -0.633. The molecule has 0 saturated carbocycles. The first-order valence-electron chi connectivity index (χ1n) is 6.39. The van der Waals surface area contributed by atoms with Gasteiger partial charge in [-0.1, -0.05) is 27.2 Å². The highest BCUT2D eigenvalue weighted by atomic mass is 19.1. The van der Waals surface area contributed by atoms with Crippen LogP contribution in [0.1, 0.15) is 32.8 Å². The van der Waals surface area contributed by atoms with Crippen molar-refractivity contribution in [2.24, 2.45) is 5.92 Å². The van der Waals surface area contributed by atoms with Gasteiger partial charge in [0.15, 0.2) is 17.4 Å². The van der Waals surface area contributed by atoms with Crippen molar-refractivity contribution in [3.63, 3.8) is 0 Å².